The van der Waals surface area contributed by atoms with E-state index in [4.69, 9.17) is 0 Å². The van der Waals surface area contributed by atoms with Crippen molar-refractivity contribution >= 4 is 21.7 Å². The molecular formula is C21H27N5O3S. The quantitative estimate of drug-likeness (QED) is 0.731. The number of hydrogen-bond acceptors (Lipinski definition) is 6. The molecule has 2 aromatic rings. The first-order valence-corrected chi connectivity index (χ1v) is 12.1. The number of anilines is 1. The first-order chi connectivity index (χ1) is 14.4. The average molecular weight is 430 g/mol. The summed E-state index contributed by atoms with van der Waals surface area (Å²) in [5.74, 6) is 0.801. The lowest BCUT2D eigenvalue weighted by atomic mass is 9.96. The minimum absolute atomic E-state index is 0.0980. The van der Waals surface area contributed by atoms with Gasteiger partial charge in [0, 0.05) is 44.8 Å². The van der Waals surface area contributed by atoms with Crippen molar-refractivity contribution < 1.29 is 13.2 Å². The van der Waals surface area contributed by atoms with Gasteiger partial charge in [0.15, 0.2) is 5.82 Å². The van der Waals surface area contributed by atoms with Gasteiger partial charge in [-0.15, -0.1) is 10.2 Å². The van der Waals surface area contributed by atoms with E-state index in [-0.39, 0.29) is 11.8 Å². The molecule has 0 radical (unpaired) electrons. The number of benzene rings is 1. The largest absolute Gasteiger partial charge is 0.354 e. The molecule has 1 aromatic heterocycles. The standard InChI is InChI=1S/C21H27N5O3S/c1-30(28,29)26-14-12-24(13-15-26)21(27)18-8-5-11-25(16-18)20-10-9-19(22-23-20)17-6-3-2-4-7-17/h2-4,6-7,9-10,18H,5,8,11-16H2,1H3. The molecule has 2 aliphatic heterocycles. The molecule has 0 N–H and O–H groups in total. The van der Waals surface area contributed by atoms with Gasteiger partial charge in [0.05, 0.1) is 17.9 Å². The molecule has 8 nitrogen and oxygen atoms in total. The van der Waals surface area contributed by atoms with E-state index in [0.29, 0.717) is 32.7 Å². The van der Waals surface area contributed by atoms with Crippen LogP contribution in [0.1, 0.15) is 12.8 Å². The summed E-state index contributed by atoms with van der Waals surface area (Å²) in [6, 6.07) is 13.9. The number of carbonyl (C=O) groups excluding carboxylic acids is 1. The van der Waals surface area contributed by atoms with Crippen molar-refractivity contribution in [3.63, 3.8) is 0 Å². The highest BCUT2D eigenvalue weighted by molar-refractivity contribution is 7.88. The molecule has 3 heterocycles. The van der Waals surface area contributed by atoms with E-state index in [0.717, 1.165) is 36.5 Å². The van der Waals surface area contributed by atoms with Crippen molar-refractivity contribution in [2.45, 2.75) is 12.8 Å². The highest BCUT2D eigenvalue weighted by Crippen LogP contribution is 2.25. The van der Waals surface area contributed by atoms with Crippen molar-refractivity contribution in [2.24, 2.45) is 5.92 Å². The number of sulfonamides is 1. The number of hydrogen-bond donors (Lipinski definition) is 0. The van der Waals surface area contributed by atoms with Gasteiger partial charge in [-0.25, -0.2) is 8.42 Å². The Bertz CT molecular complexity index is 973. The van der Waals surface area contributed by atoms with E-state index in [1.165, 1.54) is 10.6 Å². The second-order valence-corrected chi connectivity index (χ2v) is 9.90. The fourth-order valence-electron chi connectivity index (χ4n) is 4.14. The van der Waals surface area contributed by atoms with Gasteiger partial charge in [-0.05, 0) is 25.0 Å². The van der Waals surface area contributed by atoms with Crippen LogP contribution in [0.5, 0.6) is 0 Å². The molecule has 160 valence electrons. The molecule has 9 heteroatoms. The summed E-state index contributed by atoms with van der Waals surface area (Å²) in [6.45, 7) is 3.11. The normalized spacial score (nSPS) is 20.9. The summed E-state index contributed by atoms with van der Waals surface area (Å²) in [5.41, 5.74) is 1.85. The van der Waals surface area contributed by atoms with Gasteiger partial charge in [0.1, 0.15) is 0 Å². The number of carbonyl (C=O) groups is 1. The predicted octanol–water partition coefficient (Wildman–Crippen LogP) is 1.46. The van der Waals surface area contributed by atoms with E-state index >= 15 is 0 Å². The summed E-state index contributed by atoms with van der Waals surface area (Å²) in [7, 11) is -3.20. The van der Waals surface area contributed by atoms with Crippen molar-refractivity contribution in [3.8, 4) is 11.3 Å². The highest BCUT2D eigenvalue weighted by Gasteiger charge is 2.33. The second kappa shape index (κ2) is 8.69. The van der Waals surface area contributed by atoms with Crippen molar-refractivity contribution in [1.82, 2.24) is 19.4 Å². The predicted molar refractivity (Wildman–Crippen MR) is 115 cm³/mol. The summed E-state index contributed by atoms with van der Waals surface area (Å²) < 4.78 is 24.8. The van der Waals surface area contributed by atoms with E-state index < -0.39 is 10.0 Å². The fraction of sp³-hybridized carbons (Fsp3) is 0.476. The number of rotatable bonds is 4. The zero-order valence-electron chi connectivity index (χ0n) is 17.1. The number of piperidine rings is 1. The molecule has 30 heavy (non-hydrogen) atoms. The Morgan fingerprint density at radius 3 is 2.33 bits per heavy atom. The molecule has 2 fully saturated rings. The van der Waals surface area contributed by atoms with Gasteiger partial charge < -0.3 is 9.80 Å². The van der Waals surface area contributed by atoms with Crippen LogP contribution in [0.2, 0.25) is 0 Å². The third-order valence-electron chi connectivity index (χ3n) is 5.83. The Morgan fingerprint density at radius 2 is 1.70 bits per heavy atom. The number of aromatic nitrogens is 2. The van der Waals surface area contributed by atoms with Crippen LogP contribution in [0.3, 0.4) is 0 Å². The van der Waals surface area contributed by atoms with Gasteiger partial charge in [0.2, 0.25) is 15.9 Å². The summed E-state index contributed by atoms with van der Waals surface area (Å²) in [5, 5.41) is 8.77. The third-order valence-corrected chi connectivity index (χ3v) is 7.14. The Kier molecular flexibility index (Phi) is 6.01. The van der Waals surface area contributed by atoms with E-state index in [1.54, 1.807) is 4.90 Å². The maximum Gasteiger partial charge on any atom is 0.227 e. The van der Waals surface area contributed by atoms with Gasteiger partial charge >= 0.3 is 0 Å². The maximum atomic E-state index is 13.0. The zero-order chi connectivity index (χ0) is 21.1. The number of piperazine rings is 1. The lowest BCUT2D eigenvalue weighted by molar-refractivity contribution is -0.137. The van der Waals surface area contributed by atoms with Crippen molar-refractivity contribution in [3.05, 3.63) is 42.5 Å². The second-order valence-electron chi connectivity index (χ2n) is 7.92. The monoisotopic (exact) mass is 429 g/mol. The molecule has 1 unspecified atom stereocenters. The lowest BCUT2D eigenvalue weighted by Gasteiger charge is -2.38. The Morgan fingerprint density at radius 1 is 0.967 bits per heavy atom. The van der Waals surface area contributed by atoms with Crippen molar-refractivity contribution in [2.75, 3.05) is 50.4 Å². The number of nitrogens with zero attached hydrogens (tertiary/aromatic N) is 5. The Balaban J connectivity index is 1.38. The van der Waals surface area contributed by atoms with Crippen molar-refractivity contribution in [1.29, 1.82) is 0 Å². The van der Waals surface area contributed by atoms with Crippen LogP contribution >= 0.6 is 0 Å². The van der Waals surface area contributed by atoms with Crippen LogP contribution in [0.4, 0.5) is 5.82 Å². The molecule has 0 spiro atoms. The zero-order valence-corrected chi connectivity index (χ0v) is 18.0. The minimum atomic E-state index is -3.20. The molecular weight excluding hydrogens is 402 g/mol. The molecule has 0 saturated carbocycles. The summed E-state index contributed by atoms with van der Waals surface area (Å²) >= 11 is 0. The van der Waals surface area contributed by atoms with Crippen LogP contribution in [0.25, 0.3) is 11.3 Å². The maximum absolute atomic E-state index is 13.0. The van der Waals surface area contributed by atoms with Crippen LogP contribution in [0.15, 0.2) is 42.5 Å². The molecule has 1 amide bonds. The third kappa shape index (κ3) is 4.62. The molecule has 2 aliphatic rings. The molecule has 0 aliphatic carbocycles. The summed E-state index contributed by atoms with van der Waals surface area (Å²) in [4.78, 5) is 17.0. The molecule has 1 atom stereocenters. The first-order valence-electron chi connectivity index (χ1n) is 10.3. The number of amides is 1. The SMILES string of the molecule is CS(=O)(=O)N1CCN(C(=O)C2CCCN(c3ccc(-c4ccccc4)nn3)C2)CC1. The Labute approximate surface area is 177 Å². The van der Waals surface area contributed by atoms with E-state index in [1.807, 2.05) is 42.5 Å². The van der Waals surface area contributed by atoms with Crippen LogP contribution in [0, 0.1) is 5.92 Å². The smallest absolute Gasteiger partial charge is 0.227 e. The average Bonchev–Trinajstić information content (AvgIpc) is 2.79. The molecule has 4 rings (SSSR count). The van der Waals surface area contributed by atoms with Gasteiger partial charge in [-0.1, -0.05) is 30.3 Å². The molecule has 2 saturated heterocycles. The molecule has 0 bridgehead atoms. The van der Waals surface area contributed by atoms with Gasteiger partial charge in [-0.3, -0.25) is 4.79 Å². The van der Waals surface area contributed by atoms with Crippen LogP contribution < -0.4 is 4.90 Å². The lowest BCUT2D eigenvalue weighted by Crippen LogP contribution is -2.53. The van der Waals surface area contributed by atoms with E-state index in [2.05, 4.69) is 15.1 Å². The summed E-state index contributed by atoms with van der Waals surface area (Å²) in [6.07, 6.45) is 2.98. The fourth-order valence-corrected chi connectivity index (χ4v) is 4.97. The van der Waals surface area contributed by atoms with Crippen LogP contribution in [-0.2, 0) is 14.8 Å². The topological polar surface area (TPSA) is 86.7 Å². The van der Waals surface area contributed by atoms with E-state index in [9.17, 15) is 13.2 Å². The molecule has 1 aromatic carbocycles. The van der Waals surface area contributed by atoms with Crippen LogP contribution in [-0.4, -0.2) is 79.3 Å². The minimum Gasteiger partial charge on any atom is -0.354 e. The highest BCUT2D eigenvalue weighted by atomic mass is 32.2. The Hall–Kier alpha value is -2.52. The van der Waals surface area contributed by atoms with Gasteiger partial charge in [-0.2, -0.15) is 4.31 Å². The first kappa shape index (κ1) is 20.7. The van der Waals surface area contributed by atoms with Gasteiger partial charge in [0.25, 0.3) is 0 Å².